The van der Waals surface area contributed by atoms with Gasteiger partial charge in [-0.3, -0.25) is 4.98 Å². The van der Waals surface area contributed by atoms with Crippen LogP contribution in [0, 0.1) is 0 Å². The summed E-state index contributed by atoms with van der Waals surface area (Å²) in [6, 6.07) is 3.93. The molecule has 0 unspecified atom stereocenters. The van der Waals surface area contributed by atoms with E-state index >= 15 is 0 Å². The highest BCUT2D eigenvalue weighted by Crippen LogP contribution is 2.24. The Bertz CT molecular complexity index is 264. The molecule has 1 N–H and O–H groups in total. The lowest BCUT2D eigenvalue weighted by atomic mass is 9.86. The van der Waals surface area contributed by atoms with Gasteiger partial charge in [-0.05, 0) is 18.1 Å². The van der Waals surface area contributed by atoms with E-state index in [-0.39, 0.29) is 12.0 Å². The van der Waals surface area contributed by atoms with Crippen molar-refractivity contribution >= 4 is 0 Å². The number of aliphatic hydroxyl groups excluding tert-OH is 1. The molecule has 2 nitrogen and oxygen atoms in total. The molecule has 0 atom stereocenters. The van der Waals surface area contributed by atoms with Gasteiger partial charge in [-0.15, -0.1) is 0 Å². The lowest BCUT2D eigenvalue weighted by Crippen LogP contribution is -2.17. The summed E-state index contributed by atoms with van der Waals surface area (Å²) in [4.78, 5) is 4.33. The van der Waals surface area contributed by atoms with E-state index in [1.165, 1.54) is 0 Å². The van der Waals surface area contributed by atoms with Crippen molar-refractivity contribution in [3.05, 3.63) is 29.6 Å². The van der Waals surface area contributed by atoms with Crippen LogP contribution in [0.1, 0.15) is 38.4 Å². The van der Waals surface area contributed by atoms with Crippen LogP contribution in [-0.4, -0.2) is 10.1 Å². The number of hydrogen-bond donors (Lipinski definition) is 1. The van der Waals surface area contributed by atoms with Gasteiger partial charge in [-0.1, -0.05) is 26.8 Å². The molecule has 0 aromatic carbocycles. The molecule has 0 amide bonds. The maximum Gasteiger partial charge on any atom is 0.0696 e. The molecule has 0 spiro atoms. The summed E-state index contributed by atoms with van der Waals surface area (Å²) in [6.45, 7) is 6.57. The van der Waals surface area contributed by atoms with Crippen molar-refractivity contribution in [1.82, 2.24) is 4.98 Å². The fourth-order valence-electron chi connectivity index (χ4n) is 1.10. The number of pyridine rings is 1. The Morgan fingerprint density at radius 1 is 1.38 bits per heavy atom. The topological polar surface area (TPSA) is 33.1 Å². The first-order valence-electron chi connectivity index (χ1n) is 4.66. The fraction of sp³-hybridized carbons (Fsp3) is 0.545. The number of aliphatic hydroxyl groups is 1. The van der Waals surface area contributed by atoms with E-state index in [0.29, 0.717) is 0 Å². The van der Waals surface area contributed by atoms with Gasteiger partial charge < -0.3 is 5.11 Å². The number of nitrogens with zero attached hydrogens (tertiary/aromatic N) is 1. The molecule has 0 bridgehead atoms. The van der Waals surface area contributed by atoms with E-state index in [4.69, 9.17) is 5.11 Å². The van der Waals surface area contributed by atoms with Gasteiger partial charge in [0.1, 0.15) is 0 Å². The summed E-state index contributed by atoms with van der Waals surface area (Å²) in [6.07, 6.45) is 2.81. The molecule has 13 heavy (non-hydrogen) atoms. The van der Waals surface area contributed by atoms with E-state index in [9.17, 15) is 0 Å². The van der Waals surface area contributed by atoms with Crippen LogP contribution in [0.2, 0.25) is 0 Å². The molecule has 1 aromatic rings. The second-order valence-corrected chi connectivity index (χ2v) is 3.95. The monoisotopic (exact) mass is 179 g/mol. The molecular formula is C11H17NO. The van der Waals surface area contributed by atoms with Gasteiger partial charge >= 0.3 is 0 Å². The molecule has 0 fully saturated rings. The van der Waals surface area contributed by atoms with Gasteiger partial charge in [0.2, 0.25) is 0 Å². The largest absolute Gasteiger partial charge is 0.392 e. The van der Waals surface area contributed by atoms with Gasteiger partial charge in [0.15, 0.2) is 0 Å². The zero-order chi connectivity index (χ0) is 9.90. The number of hydrogen-bond acceptors (Lipinski definition) is 2. The quantitative estimate of drug-likeness (QED) is 0.772. The molecule has 1 heterocycles. The van der Waals surface area contributed by atoms with E-state index in [1.807, 2.05) is 12.1 Å². The number of aromatic nitrogens is 1. The van der Waals surface area contributed by atoms with Crippen LogP contribution in [0.3, 0.4) is 0 Å². The van der Waals surface area contributed by atoms with Crippen molar-refractivity contribution in [2.75, 3.05) is 0 Å². The molecule has 0 radical (unpaired) electrons. The van der Waals surface area contributed by atoms with Gasteiger partial charge in [0.05, 0.1) is 6.61 Å². The smallest absolute Gasteiger partial charge is 0.0696 e. The molecule has 72 valence electrons. The van der Waals surface area contributed by atoms with Gasteiger partial charge in [0, 0.05) is 17.3 Å². The van der Waals surface area contributed by atoms with Gasteiger partial charge in [-0.25, -0.2) is 0 Å². The maximum atomic E-state index is 8.85. The van der Waals surface area contributed by atoms with Crippen LogP contribution in [0.15, 0.2) is 18.3 Å². The molecule has 0 saturated heterocycles. The second kappa shape index (κ2) is 3.88. The molecule has 1 aromatic heterocycles. The first-order valence-corrected chi connectivity index (χ1v) is 4.66. The Labute approximate surface area is 79.6 Å². The Morgan fingerprint density at radius 2 is 2.08 bits per heavy atom. The third kappa shape index (κ3) is 2.28. The summed E-state index contributed by atoms with van der Waals surface area (Å²) in [7, 11) is 0. The maximum absolute atomic E-state index is 8.85. The summed E-state index contributed by atoms with van der Waals surface area (Å²) < 4.78 is 0. The van der Waals surface area contributed by atoms with Crippen molar-refractivity contribution < 1.29 is 5.11 Å². The third-order valence-corrected chi connectivity index (χ3v) is 2.58. The average Bonchev–Trinajstić information content (AvgIpc) is 2.18. The minimum Gasteiger partial charge on any atom is -0.392 e. The highest BCUT2D eigenvalue weighted by atomic mass is 16.3. The Kier molecular flexibility index (Phi) is 3.04. The van der Waals surface area contributed by atoms with Crippen LogP contribution in [0.25, 0.3) is 0 Å². The first kappa shape index (κ1) is 10.2. The van der Waals surface area contributed by atoms with E-state index < -0.39 is 0 Å². The predicted octanol–water partition coefficient (Wildman–Crippen LogP) is 2.26. The fourth-order valence-corrected chi connectivity index (χ4v) is 1.10. The lowest BCUT2D eigenvalue weighted by molar-refractivity contribution is 0.281. The summed E-state index contributed by atoms with van der Waals surface area (Å²) in [5.74, 6) is 0. The Balaban J connectivity index is 2.92. The minimum atomic E-state index is 0.0693. The van der Waals surface area contributed by atoms with Crippen molar-refractivity contribution in [2.24, 2.45) is 0 Å². The highest BCUT2D eigenvalue weighted by Gasteiger charge is 2.18. The predicted molar refractivity (Wildman–Crippen MR) is 53.5 cm³/mol. The standard InChI is InChI=1S/C11H17NO/c1-4-11(2,3)10-6-5-9(8-13)7-12-10/h5-7,13H,4,8H2,1-3H3. The zero-order valence-corrected chi connectivity index (χ0v) is 8.54. The van der Waals surface area contributed by atoms with Crippen molar-refractivity contribution in [3.63, 3.8) is 0 Å². The molecular weight excluding hydrogens is 162 g/mol. The average molecular weight is 179 g/mol. The summed E-state index contributed by atoms with van der Waals surface area (Å²) in [5, 5.41) is 8.85. The van der Waals surface area contributed by atoms with Crippen molar-refractivity contribution in [2.45, 2.75) is 39.2 Å². The SMILES string of the molecule is CCC(C)(C)c1ccc(CO)cn1. The van der Waals surface area contributed by atoms with Crippen LogP contribution in [0.4, 0.5) is 0 Å². The Hall–Kier alpha value is -0.890. The van der Waals surface area contributed by atoms with E-state index in [2.05, 4.69) is 25.8 Å². The Morgan fingerprint density at radius 3 is 2.46 bits per heavy atom. The molecule has 0 aliphatic rings. The molecule has 2 heteroatoms. The van der Waals surface area contributed by atoms with Crippen molar-refractivity contribution in [1.29, 1.82) is 0 Å². The minimum absolute atomic E-state index is 0.0693. The van der Waals surface area contributed by atoms with Crippen LogP contribution in [-0.2, 0) is 12.0 Å². The molecule has 0 saturated carbocycles. The van der Waals surface area contributed by atoms with Gasteiger partial charge in [0.25, 0.3) is 0 Å². The normalized spacial score (nSPS) is 11.7. The third-order valence-electron chi connectivity index (χ3n) is 2.58. The van der Waals surface area contributed by atoms with Gasteiger partial charge in [-0.2, -0.15) is 0 Å². The lowest BCUT2D eigenvalue weighted by Gasteiger charge is -2.21. The van der Waals surface area contributed by atoms with Crippen LogP contribution < -0.4 is 0 Å². The van der Waals surface area contributed by atoms with Crippen LogP contribution in [0.5, 0.6) is 0 Å². The van der Waals surface area contributed by atoms with Crippen molar-refractivity contribution in [3.8, 4) is 0 Å². The van der Waals surface area contributed by atoms with E-state index in [0.717, 1.165) is 17.7 Å². The van der Waals surface area contributed by atoms with Crippen LogP contribution >= 0.6 is 0 Å². The molecule has 0 aliphatic heterocycles. The highest BCUT2D eigenvalue weighted by molar-refractivity contribution is 5.19. The van der Waals surface area contributed by atoms with E-state index in [1.54, 1.807) is 6.20 Å². The summed E-state index contributed by atoms with van der Waals surface area (Å²) in [5.41, 5.74) is 2.09. The zero-order valence-electron chi connectivity index (χ0n) is 8.54. The molecule has 1 rings (SSSR count). The molecule has 0 aliphatic carbocycles. The second-order valence-electron chi connectivity index (χ2n) is 3.95. The summed E-state index contributed by atoms with van der Waals surface area (Å²) >= 11 is 0. The first-order chi connectivity index (χ1) is 6.10. The number of rotatable bonds is 3.